The first-order valence-electron chi connectivity index (χ1n) is 6.87. The van der Waals surface area contributed by atoms with Crippen LogP contribution in [0.2, 0.25) is 0 Å². The van der Waals surface area contributed by atoms with Crippen molar-refractivity contribution in [1.82, 2.24) is 0 Å². The van der Waals surface area contributed by atoms with Gasteiger partial charge in [0.1, 0.15) is 0 Å². The van der Waals surface area contributed by atoms with Gasteiger partial charge >= 0.3 is 127 Å². The minimum atomic E-state index is -3.48. The molecule has 0 saturated heterocycles. The Kier molecular flexibility index (Phi) is 4.20. The van der Waals surface area contributed by atoms with E-state index in [9.17, 15) is 5.26 Å². The Balaban J connectivity index is 2.29. The molecule has 0 saturated carbocycles. The van der Waals surface area contributed by atoms with Crippen LogP contribution in [0, 0.1) is 0 Å². The molecule has 0 aliphatic heterocycles. The molecular formula is C18H16GeO2. The Labute approximate surface area is 127 Å². The van der Waals surface area contributed by atoms with Gasteiger partial charge in [-0.25, -0.2) is 0 Å². The standard InChI is InChI=1S/C18H16GeO2/c20-21-19(16-10-4-1-5-11-16,17-12-6-2-7-13-17)18-14-8-3-9-15-18/h1-15,20H. The van der Waals surface area contributed by atoms with Crippen molar-refractivity contribution in [3.63, 3.8) is 0 Å². The second kappa shape index (κ2) is 6.26. The first-order valence-corrected chi connectivity index (χ1v) is 10.9. The molecule has 0 aliphatic rings. The summed E-state index contributed by atoms with van der Waals surface area (Å²) in [6.07, 6.45) is 0. The quantitative estimate of drug-likeness (QED) is 0.449. The van der Waals surface area contributed by atoms with E-state index < -0.39 is 13.6 Å². The van der Waals surface area contributed by atoms with Gasteiger partial charge in [-0.1, -0.05) is 0 Å². The monoisotopic (exact) mass is 338 g/mol. The van der Waals surface area contributed by atoms with Gasteiger partial charge in [0.25, 0.3) is 0 Å². The average molecular weight is 337 g/mol. The predicted molar refractivity (Wildman–Crippen MR) is 87.7 cm³/mol. The van der Waals surface area contributed by atoms with Gasteiger partial charge in [0.2, 0.25) is 0 Å². The molecule has 0 radical (unpaired) electrons. The van der Waals surface area contributed by atoms with E-state index in [-0.39, 0.29) is 0 Å². The van der Waals surface area contributed by atoms with E-state index in [1.165, 1.54) is 0 Å². The van der Waals surface area contributed by atoms with Crippen molar-refractivity contribution in [3.8, 4) is 0 Å². The predicted octanol–water partition coefficient (Wildman–Crippen LogP) is 2.14. The molecule has 104 valence electrons. The zero-order chi connectivity index (χ0) is 14.5. The van der Waals surface area contributed by atoms with E-state index in [1.807, 2.05) is 91.0 Å². The molecule has 0 heterocycles. The van der Waals surface area contributed by atoms with E-state index in [4.69, 9.17) is 3.91 Å². The number of rotatable bonds is 4. The molecule has 0 bridgehead atoms. The SMILES string of the molecule is O[O][Ge]([c]1ccccc1)([c]1ccccc1)[c]1ccccc1. The first kappa shape index (κ1) is 14.1. The van der Waals surface area contributed by atoms with Crippen molar-refractivity contribution < 1.29 is 9.17 Å². The number of hydrogen-bond acceptors (Lipinski definition) is 2. The third kappa shape index (κ3) is 2.53. The second-order valence-electron chi connectivity index (χ2n) is 4.87. The Bertz CT molecular complexity index is 588. The molecule has 0 unspecified atom stereocenters. The minimum absolute atomic E-state index is 1.07. The summed E-state index contributed by atoms with van der Waals surface area (Å²) < 4.78 is 8.48. The first-order chi connectivity index (χ1) is 10.4. The van der Waals surface area contributed by atoms with Gasteiger partial charge in [0.15, 0.2) is 0 Å². The molecule has 2 nitrogen and oxygen atoms in total. The molecule has 0 aliphatic carbocycles. The van der Waals surface area contributed by atoms with Crippen LogP contribution < -0.4 is 13.2 Å². The number of benzene rings is 3. The molecule has 3 heteroatoms. The summed E-state index contributed by atoms with van der Waals surface area (Å²) in [7, 11) is 0. The van der Waals surface area contributed by atoms with Crippen LogP contribution in [-0.4, -0.2) is 18.9 Å². The molecule has 0 aromatic heterocycles. The molecule has 0 amide bonds. The molecule has 3 aromatic rings. The van der Waals surface area contributed by atoms with Crippen molar-refractivity contribution in [2.24, 2.45) is 0 Å². The summed E-state index contributed by atoms with van der Waals surface area (Å²) >= 11 is -3.48. The molecule has 3 rings (SSSR count). The van der Waals surface area contributed by atoms with Gasteiger partial charge in [0.05, 0.1) is 0 Å². The second-order valence-corrected chi connectivity index (χ2v) is 11.7. The third-order valence-electron chi connectivity index (χ3n) is 3.68. The van der Waals surface area contributed by atoms with Crippen LogP contribution in [0.4, 0.5) is 0 Å². The summed E-state index contributed by atoms with van der Waals surface area (Å²) in [5, 5.41) is 9.92. The zero-order valence-electron chi connectivity index (χ0n) is 11.5. The van der Waals surface area contributed by atoms with Crippen molar-refractivity contribution >= 4 is 26.8 Å². The van der Waals surface area contributed by atoms with Gasteiger partial charge in [0, 0.05) is 0 Å². The van der Waals surface area contributed by atoms with Crippen molar-refractivity contribution in [1.29, 1.82) is 0 Å². The topological polar surface area (TPSA) is 29.5 Å². The molecule has 21 heavy (non-hydrogen) atoms. The molecule has 1 N–H and O–H groups in total. The number of hydrogen-bond donors (Lipinski definition) is 1. The van der Waals surface area contributed by atoms with Gasteiger partial charge in [-0.2, -0.15) is 0 Å². The van der Waals surface area contributed by atoms with Crippen molar-refractivity contribution in [2.45, 2.75) is 0 Å². The summed E-state index contributed by atoms with van der Waals surface area (Å²) in [5.41, 5.74) is 0. The summed E-state index contributed by atoms with van der Waals surface area (Å²) in [6, 6.07) is 30.1. The maximum absolute atomic E-state index is 9.92. The van der Waals surface area contributed by atoms with E-state index in [0.29, 0.717) is 0 Å². The van der Waals surface area contributed by atoms with Crippen LogP contribution in [0.3, 0.4) is 0 Å². The van der Waals surface area contributed by atoms with Crippen molar-refractivity contribution in [2.75, 3.05) is 0 Å². The van der Waals surface area contributed by atoms with E-state index in [0.717, 1.165) is 13.2 Å². The van der Waals surface area contributed by atoms with Crippen LogP contribution in [0.1, 0.15) is 0 Å². The van der Waals surface area contributed by atoms with Crippen LogP contribution in [-0.2, 0) is 3.91 Å². The van der Waals surface area contributed by atoms with Gasteiger partial charge in [-0.3, -0.25) is 0 Å². The maximum atomic E-state index is 9.92. The van der Waals surface area contributed by atoms with Crippen LogP contribution in [0.15, 0.2) is 91.0 Å². The van der Waals surface area contributed by atoms with Crippen LogP contribution >= 0.6 is 0 Å². The Morgan fingerprint density at radius 3 is 1.05 bits per heavy atom. The molecular weight excluding hydrogens is 321 g/mol. The van der Waals surface area contributed by atoms with Gasteiger partial charge in [-0.15, -0.1) is 0 Å². The van der Waals surface area contributed by atoms with E-state index in [2.05, 4.69) is 0 Å². The molecule has 0 spiro atoms. The average Bonchev–Trinajstić information content (AvgIpc) is 2.59. The Morgan fingerprint density at radius 2 is 0.810 bits per heavy atom. The van der Waals surface area contributed by atoms with Gasteiger partial charge < -0.3 is 0 Å². The fraction of sp³-hybridized carbons (Fsp3) is 0. The van der Waals surface area contributed by atoms with E-state index >= 15 is 0 Å². The third-order valence-corrected chi connectivity index (χ3v) is 11.5. The van der Waals surface area contributed by atoms with Gasteiger partial charge in [-0.05, 0) is 0 Å². The fourth-order valence-electron chi connectivity index (χ4n) is 2.68. The summed E-state index contributed by atoms with van der Waals surface area (Å²) in [6.45, 7) is 0. The molecule has 0 fully saturated rings. The van der Waals surface area contributed by atoms with Crippen LogP contribution in [0.5, 0.6) is 0 Å². The zero-order valence-corrected chi connectivity index (χ0v) is 13.6. The summed E-state index contributed by atoms with van der Waals surface area (Å²) in [4.78, 5) is 0. The normalized spacial score (nSPS) is 11.3. The fourth-order valence-corrected chi connectivity index (χ4v) is 9.60. The molecule has 3 aromatic carbocycles. The molecule has 0 atom stereocenters. The Morgan fingerprint density at radius 1 is 0.524 bits per heavy atom. The van der Waals surface area contributed by atoms with Crippen molar-refractivity contribution in [3.05, 3.63) is 91.0 Å². The van der Waals surface area contributed by atoms with Crippen LogP contribution in [0.25, 0.3) is 0 Å². The Hall–Kier alpha value is -1.88. The van der Waals surface area contributed by atoms with E-state index in [1.54, 1.807) is 0 Å². The summed E-state index contributed by atoms with van der Waals surface area (Å²) in [5.74, 6) is 0.